The van der Waals surface area contributed by atoms with Gasteiger partial charge in [0.2, 0.25) is 0 Å². The van der Waals surface area contributed by atoms with Gasteiger partial charge < -0.3 is 14.6 Å². The Kier molecular flexibility index (Phi) is 7.45. The van der Waals surface area contributed by atoms with Crippen molar-refractivity contribution in [2.24, 2.45) is 11.3 Å². The lowest BCUT2D eigenvalue weighted by molar-refractivity contribution is 0.0508. The number of nitrogens with zero attached hydrogens (tertiary/aromatic N) is 6. The number of pyridine rings is 1. The van der Waals surface area contributed by atoms with Crippen LogP contribution in [0.15, 0.2) is 53.7 Å². The zero-order valence-corrected chi connectivity index (χ0v) is 25.7. The Balaban J connectivity index is 1.50. The van der Waals surface area contributed by atoms with Crippen LogP contribution in [0.4, 0.5) is 4.79 Å². The standard InChI is InChI=1S/C32H38N6O4S/c1-32(2,3)27-19-22(14-17-36(27)31(39)40)29-35-26-20-34-30-25(15-18-37(30)43(41,42)24-7-5-4-6-8-24)28(26)38(29)23-11-9-21(10-12-23)13-16-33/h4-8,15,18,20-23,27H,9-14,17,19H2,1-3H3,(H,39,40). The molecule has 10 nitrogen and oxygen atoms in total. The van der Waals surface area contributed by atoms with Crippen LogP contribution in [0.3, 0.4) is 0 Å². The molecule has 2 fully saturated rings. The van der Waals surface area contributed by atoms with E-state index in [-0.39, 0.29) is 28.3 Å². The average Bonchev–Trinajstić information content (AvgIpc) is 3.60. The molecule has 2 atom stereocenters. The lowest BCUT2D eigenvalue weighted by atomic mass is 9.76. The Labute approximate surface area is 252 Å². The molecule has 3 aromatic heterocycles. The summed E-state index contributed by atoms with van der Waals surface area (Å²) in [4.78, 5) is 23.7. The summed E-state index contributed by atoms with van der Waals surface area (Å²) in [5.74, 6) is 1.34. The molecule has 2 aliphatic rings. The molecular formula is C32H38N6O4S. The van der Waals surface area contributed by atoms with E-state index in [0.717, 1.165) is 42.4 Å². The highest BCUT2D eigenvalue weighted by atomic mass is 32.2. The topological polar surface area (TPSA) is 134 Å². The highest BCUT2D eigenvalue weighted by Crippen LogP contribution is 2.44. The first-order valence-corrected chi connectivity index (χ1v) is 16.5. The van der Waals surface area contributed by atoms with Gasteiger partial charge in [0.25, 0.3) is 10.0 Å². The van der Waals surface area contributed by atoms with Crippen molar-refractivity contribution < 1.29 is 18.3 Å². The molecule has 1 saturated carbocycles. The van der Waals surface area contributed by atoms with E-state index in [1.54, 1.807) is 47.6 Å². The van der Waals surface area contributed by atoms with E-state index < -0.39 is 16.1 Å². The summed E-state index contributed by atoms with van der Waals surface area (Å²) < 4.78 is 30.8. The van der Waals surface area contributed by atoms with Gasteiger partial charge in [0, 0.05) is 42.6 Å². The molecule has 1 aromatic carbocycles. The third-order valence-electron chi connectivity index (χ3n) is 9.43. The molecule has 0 bridgehead atoms. The Morgan fingerprint density at radius 2 is 1.81 bits per heavy atom. The van der Waals surface area contributed by atoms with E-state index in [9.17, 15) is 23.6 Å². The van der Waals surface area contributed by atoms with Crippen LogP contribution in [0, 0.1) is 22.7 Å². The summed E-state index contributed by atoms with van der Waals surface area (Å²) in [7, 11) is -3.86. The monoisotopic (exact) mass is 602 g/mol. The van der Waals surface area contributed by atoms with Gasteiger partial charge in [-0.2, -0.15) is 5.26 Å². The molecule has 0 radical (unpaired) electrons. The van der Waals surface area contributed by atoms with E-state index in [1.807, 2.05) is 6.07 Å². The second-order valence-corrected chi connectivity index (χ2v) is 14.9. The van der Waals surface area contributed by atoms with Crippen molar-refractivity contribution in [2.45, 2.75) is 88.6 Å². The zero-order chi connectivity index (χ0) is 30.5. The number of aromatic nitrogens is 4. The average molecular weight is 603 g/mol. The molecule has 226 valence electrons. The van der Waals surface area contributed by atoms with E-state index in [2.05, 4.69) is 36.4 Å². The second kappa shape index (κ2) is 11.0. The SMILES string of the molecule is CC(C)(C)C1CC(c2nc3cnc4c(ccn4S(=O)(=O)c4ccccc4)c3n2C2CCC(CC#N)CC2)CCN1C(=O)O. The number of amides is 1. The minimum absolute atomic E-state index is 0.0363. The third kappa shape index (κ3) is 5.16. The summed E-state index contributed by atoms with van der Waals surface area (Å²) in [5, 5.41) is 20.0. The number of benzene rings is 1. The first-order chi connectivity index (χ1) is 20.5. The number of imidazole rings is 1. The van der Waals surface area contributed by atoms with E-state index in [4.69, 9.17) is 4.98 Å². The molecule has 4 heterocycles. The molecule has 1 saturated heterocycles. The van der Waals surface area contributed by atoms with Gasteiger partial charge in [0.15, 0.2) is 5.65 Å². The minimum Gasteiger partial charge on any atom is -0.465 e. The second-order valence-electron chi connectivity index (χ2n) is 13.1. The molecule has 2 unspecified atom stereocenters. The van der Waals surface area contributed by atoms with Crippen LogP contribution in [0.5, 0.6) is 0 Å². The number of rotatable bonds is 5. The fraction of sp³-hybridized carbons (Fsp3) is 0.500. The summed E-state index contributed by atoms with van der Waals surface area (Å²) >= 11 is 0. The normalized spacial score (nSPS) is 23.4. The molecule has 0 spiro atoms. The predicted molar refractivity (Wildman–Crippen MR) is 163 cm³/mol. The fourth-order valence-corrected chi connectivity index (χ4v) is 8.53. The van der Waals surface area contributed by atoms with Crippen LogP contribution >= 0.6 is 0 Å². The van der Waals surface area contributed by atoms with Crippen molar-refractivity contribution in [3.05, 3.63) is 54.6 Å². The van der Waals surface area contributed by atoms with Crippen LogP contribution in [0.2, 0.25) is 0 Å². The van der Waals surface area contributed by atoms with Gasteiger partial charge in [-0.1, -0.05) is 39.0 Å². The molecule has 11 heteroatoms. The maximum atomic E-state index is 13.6. The maximum absolute atomic E-state index is 13.6. The van der Waals surface area contributed by atoms with Crippen molar-refractivity contribution in [3.8, 4) is 6.07 Å². The van der Waals surface area contributed by atoms with Gasteiger partial charge in [-0.05, 0) is 68.1 Å². The van der Waals surface area contributed by atoms with Gasteiger partial charge >= 0.3 is 6.09 Å². The number of nitriles is 1. The number of hydrogen-bond donors (Lipinski definition) is 1. The van der Waals surface area contributed by atoms with Crippen molar-refractivity contribution >= 4 is 38.2 Å². The van der Waals surface area contributed by atoms with Crippen molar-refractivity contribution in [3.63, 3.8) is 0 Å². The molecule has 1 amide bonds. The van der Waals surface area contributed by atoms with Crippen molar-refractivity contribution in [1.82, 2.24) is 23.4 Å². The third-order valence-corrected chi connectivity index (χ3v) is 11.1. The van der Waals surface area contributed by atoms with Crippen LogP contribution in [0.1, 0.15) is 83.5 Å². The number of hydrogen-bond acceptors (Lipinski definition) is 6. The van der Waals surface area contributed by atoms with Crippen molar-refractivity contribution in [2.75, 3.05) is 6.54 Å². The highest BCUT2D eigenvalue weighted by molar-refractivity contribution is 7.90. The first kappa shape index (κ1) is 29.2. The summed E-state index contributed by atoms with van der Waals surface area (Å²) in [6, 6.07) is 12.5. The molecule has 4 aromatic rings. The number of piperidine rings is 1. The largest absolute Gasteiger partial charge is 0.465 e. The predicted octanol–water partition coefficient (Wildman–Crippen LogP) is 6.54. The molecule has 43 heavy (non-hydrogen) atoms. The van der Waals surface area contributed by atoms with Gasteiger partial charge in [0.05, 0.1) is 22.7 Å². The fourth-order valence-electron chi connectivity index (χ4n) is 7.21. The van der Waals surface area contributed by atoms with Gasteiger partial charge in [0.1, 0.15) is 11.3 Å². The van der Waals surface area contributed by atoms with E-state index >= 15 is 0 Å². The number of fused-ring (bicyclic) bond motifs is 3. The lowest BCUT2D eigenvalue weighted by Gasteiger charge is -2.44. The molecular weight excluding hydrogens is 564 g/mol. The molecule has 1 N–H and O–H groups in total. The quantitative estimate of drug-likeness (QED) is 0.274. The van der Waals surface area contributed by atoms with Crippen LogP contribution in [-0.2, 0) is 10.0 Å². The summed E-state index contributed by atoms with van der Waals surface area (Å²) in [6.07, 6.45) is 7.89. The van der Waals surface area contributed by atoms with E-state index in [0.29, 0.717) is 42.9 Å². The maximum Gasteiger partial charge on any atom is 0.407 e. The minimum atomic E-state index is -3.86. The Bertz CT molecular complexity index is 1810. The number of carboxylic acid groups (broad SMARTS) is 1. The summed E-state index contributed by atoms with van der Waals surface area (Å²) in [6.45, 7) is 6.68. The number of likely N-dealkylation sites (tertiary alicyclic amines) is 1. The first-order valence-electron chi connectivity index (χ1n) is 15.1. The molecule has 6 rings (SSSR count). The van der Waals surface area contributed by atoms with Gasteiger partial charge in [-0.3, -0.25) is 0 Å². The van der Waals surface area contributed by atoms with E-state index in [1.165, 1.54) is 3.97 Å². The Morgan fingerprint density at radius 1 is 1.09 bits per heavy atom. The summed E-state index contributed by atoms with van der Waals surface area (Å²) in [5.41, 5.74) is 1.69. The van der Waals surface area contributed by atoms with Crippen molar-refractivity contribution in [1.29, 1.82) is 5.26 Å². The molecule has 1 aliphatic heterocycles. The van der Waals surface area contributed by atoms with Crippen LogP contribution < -0.4 is 0 Å². The Morgan fingerprint density at radius 3 is 2.47 bits per heavy atom. The van der Waals surface area contributed by atoms with Crippen LogP contribution in [-0.4, -0.2) is 55.6 Å². The number of carbonyl (C=O) groups is 1. The van der Waals surface area contributed by atoms with Gasteiger partial charge in [-0.15, -0.1) is 0 Å². The zero-order valence-electron chi connectivity index (χ0n) is 24.8. The highest BCUT2D eigenvalue weighted by Gasteiger charge is 2.41. The van der Waals surface area contributed by atoms with Gasteiger partial charge in [-0.25, -0.2) is 27.2 Å². The smallest absolute Gasteiger partial charge is 0.407 e. The lowest BCUT2D eigenvalue weighted by Crippen LogP contribution is -2.51. The Hall–Kier alpha value is -3.91. The van der Waals surface area contributed by atoms with Crippen LogP contribution in [0.25, 0.3) is 22.1 Å². The molecule has 1 aliphatic carbocycles.